The lowest BCUT2D eigenvalue weighted by molar-refractivity contribution is -0.104. The normalized spacial score (nSPS) is 11.1. The fourth-order valence-corrected chi connectivity index (χ4v) is 1.80. The third kappa shape index (κ3) is 3.79. The summed E-state index contributed by atoms with van der Waals surface area (Å²) < 4.78 is 0. The Bertz CT molecular complexity index is 500. The van der Waals surface area contributed by atoms with E-state index in [-0.39, 0.29) is 4.91 Å². The first-order valence-corrected chi connectivity index (χ1v) is 5.78. The van der Waals surface area contributed by atoms with Gasteiger partial charge < -0.3 is 16.5 Å². The zero-order valence-corrected chi connectivity index (χ0v) is 10.6. The summed E-state index contributed by atoms with van der Waals surface area (Å²) in [7, 11) is 1.65. The molecule has 0 fully saturated rings. The standard InChI is InChI=1S/C11H14N4O2S/c1-15(14)10-5-7(2-3-9(10)12)4-8(6-16)18-11(13)17/h2-6H,12,14H2,1H3,(H2,13,17)/b8-4-. The van der Waals surface area contributed by atoms with E-state index in [9.17, 15) is 9.59 Å². The van der Waals surface area contributed by atoms with Gasteiger partial charge in [-0.05, 0) is 35.5 Å². The van der Waals surface area contributed by atoms with Crippen LogP contribution < -0.4 is 22.3 Å². The molecule has 0 radical (unpaired) electrons. The van der Waals surface area contributed by atoms with Crippen molar-refractivity contribution in [3.63, 3.8) is 0 Å². The molecule has 0 unspecified atom stereocenters. The number of aldehydes is 1. The molecule has 0 aliphatic rings. The minimum absolute atomic E-state index is 0.220. The molecule has 96 valence electrons. The number of amides is 1. The molecule has 0 heterocycles. The third-order valence-electron chi connectivity index (χ3n) is 2.08. The number of nitrogens with zero attached hydrogens (tertiary/aromatic N) is 1. The Morgan fingerprint density at radius 1 is 1.44 bits per heavy atom. The molecule has 0 aliphatic carbocycles. The van der Waals surface area contributed by atoms with Crippen LogP contribution in [-0.4, -0.2) is 18.6 Å². The van der Waals surface area contributed by atoms with E-state index in [4.69, 9.17) is 17.3 Å². The summed E-state index contributed by atoms with van der Waals surface area (Å²) in [6.07, 6.45) is 2.10. The number of thioether (sulfide) groups is 1. The zero-order valence-electron chi connectivity index (χ0n) is 9.79. The summed E-state index contributed by atoms with van der Waals surface area (Å²) in [5, 5.41) is 0.731. The van der Waals surface area contributed by atoms with E-state index in [0.717, 1.165) is 0 Å². The van der Waals surface area contributed by atoms with E-state index >= 15 is 0 Å². The lowest BCUT2D eigenvalue weighted by atomic mass is 10.1. The van der Waals surface area contributed by atoms with Gasteiger partial charge in [-0.15, -0.1) is 0 Å². The van der Waals surface area contributed by atoms with E-state index < -0.39 is 5.24 Å². The second-order valence-electron chi connectivity index (χ2n) is 3.51. The van der Waals surface area contributed by atoms with Gasteiger partial charge in [0.15, 0.2) is 6.29 Å². The Balaban J connectivity index is 3.10. The van der Waals surface area contributed by atoms with Crippen LogP contribution in [0, 0.1) is 0 Å². The highest BCUT2D eigenvalue weighted by atomic mass is 32.2. The average molecular weight is 266 g/mol. The monoisotopic (exact) mass is 266 g/mol. The topological polar surface area (TPSA) is 115 Å². The number of benzene rings is 1. The number of rotatable bonds is 4. The van der Waals surface area contributed by atoms with Gasteiger partial charge in [0.25, 0.3) is 5.24 Å². The number of allylic oxidation sites excluding steroid dienone is 1. The number of hydrogen-bond acceptors (Lipinski definition) is 6. The first kappa shape index (κ1) is 14.1. The van der Waals surface area contributed by atoms with Crippen LogP contribution in [0.4, 0.5) is 16.2 Å². The van der Waals surface area contributed by atoms with Crippen molar-refractivity contribution in [3.8, 4) is 0 Å². The lowest BCUT2D eigenvalue weighted by Crippen LogP contribution is -2.26. The van der Waals surface area contributed by atoms with E-state index in [1.54, 1.807) is 25.2 Å². The van der Waals surface area contributed by atoms with Gasteiger partial charge in [0.1, 0.15) is 0 Å². The lowest BCUT2D eigenvalue weighted by Gasteiger charge is -2.15. The largest absolute Gasteiger partial charge is 0.397 e. The second kappa shape index (κ2) is 6.08. The van der Waals surface area contributed by atoms with Crippen LogP contribution in [0.2, 0.25) is 0 Å². The van der Waals surface area contributed by atoms with Gasteiger partial charge in [0.05, 0.1) is 16.3 Å². The highest BCUT2D eigenvalue weighted by Crippen LogP contribution is 2.24. The van der Waals surface area contributed by atoms with Crippen molar-refractivity contribution in [1.82, 2.24) is 0 Å². The summed E-state index contributed by atoms with van der Waals surface area (Å²) in [6.45, 7) is 0. The minimum atomic E-state index is -0.639. The fourth-order valence-electron chi connectivity index (χ4n) is 1.32. The molecule has 6 nitrogen and oxygen atoms in total. The van der Waals surface area contributed by atoms with Crippen LogP contribution in [0.25, 0.3) is 6.08 Å². The van der Waals surface area contributed by atoms with Crippen LogP contribution in [0.15, 0.2) is 23.1 Å². The van der Waals surface area contributed by atoms with Crippen LogP contribution in [-0.2, 0) is 4.79 Å². The summed E-state index contributed by atoms with van der Waals surface area (Å²) in [5.41, 5.74) is 12.6. The third-order valence-corrected chi connectivity index (χ3v) is 2.73. The first-order valence-electron chi connectivity index (χ1n) is 4.96. The minimum Gasteiger partial charge on any atom is -0.397 e. The molecule has 1 aromatic rings. The summed E-state index contributed by atoms with van der Waals surface area (Å²) >= 11 is 0.669. The molecular weight excluding hydrogens is 252 g/mol. The number of anilines is 2. The van der Waals surface area contributed by atoms with Crippen molar-refractivity contribution in [1.29, 1.82) is 0 Å². The smallest absolute Gasteiger partial charge is 0.281 e. The maximum Gasteiger partial charge on any atom is 0.281 e. The van der Waals surface area contributed by atoms with Crippen molar-refractivity contribution in [2.75, 3.05) is 17.8 Å². The first-order chi connectivity index (χ1) is 8.43. The molecule has 6 N–H and O–H groups in total. The van der Waals surface area contributed by atoms with Gasteiger partial charge >= 0.3 is 0 Å². The molecule has 1 aromatic carbocycles. The number of nitrogens with two attached hydrogens (primary N) is 3. The van der Waals surface area contributed by atoms with E-state index in [1.807, 2.05) is 0 Å². The van der Waals surface area contributed by atoms with Gasteiger partial charge in [-0.3, -0.25) is 9.59 Å². The molecule has 0 spiro atoms. The summed E-state index contributed by atoms with van der Waals surface area (Å²) in [6, 6.07) is 5.09. The molecule has 7 heteroatoms. The predicted octanol–water partition coefficient (Wildman–Crippen LogP) is 0.930. The maximum atomic E-state index is 10.8. The molecule has 0 saturated carbocycles. The molecule has 18 heavy (non-hydrogen) atoms. The van der Waals surface area contributed by atoms with Crippen LogP contribution in [0.5, 0.6) is 0 Å². The summed E-state index contributed by atoms with van der Waals surface area (Å²) in [5.74, 6) is 5.61. The number of nitrogen functional groups attached to an aromatic ring is 1. The van der Waals surface area contributed by atoms with Gasteiger partial charge in [-0.2, -0.15) is 0 Å². The van der Waals surface area contributed by atoms with E-state index in [1.165, 1.54) is 11.1 Å². The van der Waals surface area contributed by atoms with Crippen molar-refractivity contribution in [3.05, 3.63) is 28.7 Å². The van der Waals surface area contributed by atoms with Gasteiger partial charge in [-0.1, -0.05) is 6.07 Å². The maximum absolute atomic E-state index is 10.8. The molecule has 0 bridgehead atoms. The van der Waals surface area contributed by atoms with Gasteiger partial charge in [-0.25, -0.2) is 5.84 Å². The van der Waals surface area contributed by atoms with Crippen LogP contribution in [0.3, 0.4) is 0 Å². The van der Waals surface area contributed by atoms with Crippen LogP contribution in [0.1, 0.15) is 5.56 Å². The average Bonchev–Trinajstić information content (AvgIpc) is 2.29. The van der Waals surface area contributed by atoms with Crippen molar-refractivity contribution in [2.24, 2.45) is 11.6 Å². The molecular formula is C11H14N4O2S. The Kier molecular flexibility index (Phi) is 4.75. The SMILES string of the molecule is CN(N)c1cc(/C=C(/C=O)SC(N)=O)ccc1N. The molecule has 0 saturated heterocycles. The van der Waals surface area contributed by atoms with Crippen molar-refractivity contribution >= 4 is 40.7 Å². The molecule has 0 aliphatic heterocycles. The number of primary amides is 1. The zero-order chi connectivity index (χ0) is 13.7. The number of carbonyl (C=O) groups is 2. The Morgan fingerprint density at radius 3 is 2.61 bits per heavy atom. The number of hydrogen-bond donors (Lipinski definition) is 3. The Hall–Kier alpha value is -1.99. The van der Waals surface area contributed by atoms with Gasteiger partial charge in [0.2, 0.25) is 0 Å². The van der Waals surface area contributed by atoms with Crippen LogP contribution >= 0.6 is 11.8 Å². The second-order valence-corrected chi connectivity index (χ2v) is 4.59. The quantitative estimate of drug-likeness (QED) is 0.245. The van der Waals surface area contributed by atoms with Crippen molar-refractivity contribution in [2.45, 2.75) is 0 Å². The Morgan fingerprint density at radius 2 is 2.11 bits per heavy atom. The van der Waals surface area contributed by atoms with E-state index in [2.05, 4.69) is 0 Å². The fraction of sp³-hybridized carbons (Fsp3) is 0.0909. The number of carbonyl (C=O) groups excluding carboxylic acids is 2. The highest BCUT2D eigenvalue weighted by molar-refractivity contribution is 8.17. The van der Waals surface area contributed by atoms with E-state index in [0.29, 0.717) is 35.0 Å². The number of hydrazine groups is 1. The Labute approximate surface area is 109 Å². The summed E-state index contributed by atoms with van der Waals surface area (Å²) in [4.78, 5) is 21.7. The van der Waals surface area contributed by atoms with Crippen molar-refractivity contribution < 1.29 is 9.59 Å². The van der Waals surface area contributed by atoms with Gasteiger partial charge in [0, 0.05) is 7.05 Å². The molecule has 1 rings (SSSR count). The predicted molar refractivity (Wildman–Crippen MR) is 74.7 cm³/mol. The highest BCUT2D eigenvalue weighted by Gasteiger charge is 2.05. The molecule has 0 atom stereocenters. The molecule has 0 aromatic heterocycles. The molecule has 1 amide bonds.